The number of aromatic nitrogens is 4. The average Bonchev–Trinajstić information content (AvgIpc) is 3.33. The fourth-order valence-electron chi connectivity index (χ4n) is 4.10. The van der Waals surface area contributed by atoms with Crippen LogP contribution in [0.2, 0.25) is 0 Å². The zero-order valence-corrected chi connectivity index (χ0v) is 14.5. The Bertz CT molecular complexity index is 708. The molecule has 132 valence electrons. The fourth-order valence-corrected chi connectivity index (χ4v) is 4.10. The lowest BCUT2D eigenvalue weighted by Gasteiger charge is -2.26. The summed E-state index contributed by atoms with van der Waals surface area (Å²) in [5, 5.41) is 7.37. The van der Waals surface area contributed by atoms with Gasteiger partial charge >= 0.3 is 0 Å². The highest BCUT2D eigenvalue weighted by Gasteiger charge is 2.31. The van der Waals surface area contributed by atoms with E-state index in [4.69, 9.17) is 0 Å². The zero-order chi connectivity index (χ0) is 17.1. The highest BCUT2D eigenvalue weighted by atomic mass is 16.2. The Morgan fingerprint density at radius 3 is 2.76 bits per heavy atom. The molecule has 0 bridgehead atoms. The predicted molar refractivity (Wildman–Crippen MR) is 94.6 cm³/mol. The van der Waals surface area contributed by atoms with Crippen molar-refractivity contribution in [2.24, 2.45) is 11.8 Å². The summed E-state index contributed by atoms with van der Waals surface area (Å²) >= 11 is 0. The summed E-state index contributed by atoms with van der Waals surface area (Å²) in [5.74, 6) is 2.76. The molecular weight excluding hydrogens is 314 g/mol. The molecule has 2 aliphatic rings. The highest BCUT2D eigenvalue weighted by molar-refractivity contribution is 5.79. The SMILES string of the molecule is O=C(C1CCCCC1)N1CCC(Cc2nc(-c3ccncc3)n[nH]2)C1. The van der Waals surface area contributed by atoms with Gasteiger partial charge in [-0.1, -0.05) is 19.3 Å². The van der Waals surface area contributed by atoms with Gasteiger partial charge in [0, 0.05) is 43.4 Å². The second-order valence-corrected chi connectivity index (χ2v) is 7.32. The van der Waals surface area contributed by atoms with Crippen LogP contribution in [-0.4, -0.2) is 44.1 Å². The Balaban J connectivity index is 1.34. The molecule has 0 aromatic carbocycles. The Hall–Kier alpha value is -2.24. The van der Waals surface area contributed by atoms with E-state index >= 15 is 0 Å². The number of carbonyl (C=O) groups is 1. The summed E-state index contributed by atoms with van der Waals surface area (Å²) in [6.07, 6.45) is 11.3. The Morgan fingerprint density at radius 2 is 1.96 bits per heavy atom. The van der Waals surface area contributed by atoms with Gasteiger partial charge in [0.1, 0.15) is 5.82 Å². The molecule has 1 atom stereocenters. The van der Waals surface area contributed by atoms with Gasteiger partial charge in [0.2, 0.25) is 5.91 Å². The van der Waals surface area contributed by atoms with Gasteiger partial charge in [-0.2, -0.15) is 5.10 Å². The summed E-state index contributed by atoms with van der Waals surface area (Å²) in [5.41, 5.74) is 0.970. The Kier molecular flexibility index (Phi) is 4.76. The van der Waals surface area contributed by atoms with Gasteiger partial charge in [0.05, 0.1) is 0 Å². The van der Waals surface area contributed by atoms with Gasteiger partial charge in [-0.25, -0.2) is 4.98 Å². The standard InChI is InChI=1S/C19H25N5O/c25-19(16-4-2-1-3-5-16)24-11-8-14(13-24)12-17-21-18(23-22-17)15-6-9-20-10-7-15/h6-7,9-10,14,16H,1-5,8,11-13H2,(H,21,22,23). The van der Waals surface area contributed by atoms with Crippen molar-refractivity contribution in [3.05, 3.63) is 30.4 Å². The first-order valence-electron chi connectivity index (χ1n) is 9.40. The predicted octanol–water partition coefficient (Wildman–Crippen LogP) is 2.84. The second-order valence-electron chi connectivity index (χ2n) is 7.32. The van der Waals surface area contributed by atoms with Crippen molar-refractivity contribution < 1.29 is 4.79 Å². The number of aromatic amines is 1. The van der Waals surface area contributed by atoms with Gasteiger partial charge < -0.3 is 4.90 Å². The van der Waals surface area contributed by atoms with E-state index in [2.05, 4.69) is 25.1 Å². The summed E-state index contributed by atoms with van der Waals surface area (Å²) in [6.45, 7) is 1.76. The molecule has 1 saturated heterocycles. The molecule has 1 saturated carbocycles. The molecule has 1 aliphatic heterocycles. The van der Waals surface area contributed by atoms with Crippen molar-refractivity contribution in [3.8, 4) is 11.4 Å². The maximum Gasteiger partial charge on any atom is 0.225 e. The third-order valence-electron chi connectivity index (χ3n) is 5.50. The molecule has 2 aromatic rings. The molecule has 1 amide bonds. The van der Waals surface area contributed by atoms with Crippen molar-refractivity contribution >= 4 is 5.91 Å². The maximum atomic E-state index is 12.7. The first-order chi connectivity index (χ1) is 12.3. The second kappa shape index (κ2) is 7.33. The topological polar surface area (TPSA) is 74.8 Å². The van der Waals surface area contributed by atoms with Gasteiger partial charge in [0.25, 0.3) is 0 Å². The largest absolute Gasteiger partial charge is 0.342 e. The van der Waals surface area contributed by atoms with E-state index in [9.17, 15) is 4.79 Å². The van der Waals surface area contributed by atoms with E-state index in [1.807, 2.05) is 12.1 Å². The molecule has 6 nitrogen and oxygen atoms in total. The minimum absolute atomic E-state index is 0.274. The van der Waals surface area contributed by atoms with Crippen LogP contribution in [0, 0.1) is 11.8 Å². The molecule has 0 radical (unpaired) electrons. The number of H-pyrrole nitrogens is 1. The molecule has 6 heteroatoms. The lowest BCUT2D eigenvalue weighted by Crippen LogP contribution is -2.35. The lowest BCUT2D eigenvalue weighted by molar-refractivity contribution is -0.135. The van der Waals surface area contributed by atoms with Crippen LogP contribution < -0.4 is 0 Å². The third-order valence-corrected chi connectivity index (χ3v) is 5.50. The highest BCUT2D eigenvalue weighted by Crippen LogP contribution is 2.28. The normalized spacial score (nSPS) is 21.6. The quantitative estimate of drug-likeness (QED) is 0.929. The van der Waals surface area contributed by atoms with E-state index in [0.717, 1.165) is 50.2 Å². The van der Waals surface area contributed by atoms with Crippen LogP contribution in [0.15, 0.2) is 24.5 Å². The monoisotopic (exact) mass is 339 g/mol. The van der Waals surface area contributed by atoms with E-state index in [1.54, 1.807) is 12.4 Å². The number of hydrogen-bond donors (Lipinski definition) is 1. The minimum Gasteiger partial charge on any atom is -0.342 e. The molecule has 1 N–H and O–H groups in total. The molecule has 1 aliphatic carbocycles. The van der Waals surface area contributed by atoms with Crippen molar-refractivity contribution in [3.63, 3.8) is 0 Å². The molecule has 0 spiro atoms. The van der Waals surface area contributed by atoms with Crippen LogP contribution >= 0.6 is 0 Å². The number of nitrogens with one attached hydrogen (secondary N) is 1. The molecule has 1 unspecified atom stereocenters. The summed E-state index contributed by atoms with van der Waals surface area (Å²) < 4.78 is 0. The number of hydrogen-bond acceptors (Lipinski definition) is 4. The van der Waals surface area contributed by atoms with Gasteiger partial charge in [0.15, 0.2) is 5.82 Å². The first-order valence-corrected chi connectivity index (χ1v) is 9.40. The molecule has 3 heterocycles. The first kappa shape index (κ1) is 16.2. The van der Waals surface area contributed by atoms with Crippen LogP contribution in [0.1, 0.15) is 44.3 Å². The third kappa shape index (κ3) is 3.72. The zero-order valence-electron chi connectivity index (χ0n) is 14.5. The fraction of sp³-hybridized carbons (Fsp3) is 0.579. The van der Waals surface area contributed by atoms with E-state index in [0.29, 0.717) is 17.6 Å². The lowest BCUT2D eigenvalue weighted by atomic mass is 9.88. The van der Waals surface area contributed by atoms with Crippen LogP contribution in [-0.2, 0) is 11.2 Å². The van der Waals surface area contributed by atoms with Crippen LogP contribution in [0.4, 0.5) is 0 Å². The van der Waals surface area contributed by atoms with Crippen LogP contribution in [0.25, 0.3) is 11.4 Å². The van der Waals surface area contributed by atoms with Gasteiger partial charge in [-0.3, -0.25) is 14.9 Å². The number of likely N-dealkylation sites (tertiary alicyclic amines) is 1. The van der Waals surface area contributed by atoms with Crippen molar-refractivity contribution in [2.45, 2.75) is 44.9 Å². The molecule has 2 fully saturated rings. The van der Waals surface area contributed by atoms with E-state index in [-0.39, 0.29) is 5.92 Å². The Labute approximate surface area is 148 Å². The summed E-state index contributed by atoms with van der Waals surface area (Å²) in [7, 11) is 0. The smallest absolute Gasteiger partial charge is 0.225 e. The number of nitrogens with zero attached hydrogens (tertiary/aromatic N) is 4. The van der Waals surface area contributed by atoms with E-state index < -0.39 is 0 Å². The van der Waals surface area contributed by atoms with Crippen LogP contribution in [0.3, 0.4) is 0 Å². The Morgan fingerprint density at radius 1 is 1.16 bits per heavy atom. The van der Waals surface area contributed by atoms with Crippen molar-refractivity contribution in [1.82, 2.24) is 25.1 Å². The maximum absolute atomic E-state index is 12.7. The number of carbonyl (C=O) groups excluding carboxylic acids is 1. The van der Waals surface area contributed by atoms with Crippen LogP contribution in [0.5, 0.6) is 0 Å². The molecule has 2 aromatic heterocycles. The van der Waals surface area contributed by atoms with E-state index in [1.165, 1.54) is 19.3 Å². The number of pyridine rings is 1. The van der Waals surface area contributed by atoms with Crippen molar-refractivity contribution in [2.75, 3.05) is 13.1 Å². The number of amides is 1. The summed E-state index contributed by atoms with van der Waals surface area (Å²) in [6, 6.07) is 3.82. The average molecular weight is 339 g/mol. The molecule has 25 heavy (non-hydrogen) atoms. The minimum atomic E-state index is 0.274. The molecule has 4 rings (SSSR count). The van der Waals surface area contributed by atoms with Gasteiger partial charge in [-0.15, -0.1) is 0 Å². The summed E-state index contributed by atoms with van der Waals surface area (Å²) in [4.78, 5) is 23.4. The number of rotatable bonds is 4. The van der Waals surface area contributed by atoms with Gasteiger partial charge in [-0.05, 0) is 37.3 Å². The van der Waals surface area contributed by atoms with Crippen molar-refractivity contribution in [1.29, 1.82) is 0 Å². The molecular formula is C19H25N5O.